The van der Waals surface area contributed by atoms with Gasteiger partial charge < -0.3 is 19.5 Å². The molecule has 0 aliphatic carbocycles. The van der Waals surface area contributed by atoms with E-state index in [-0.39, 0.29) is 5.91 Å². The Kier molecular flexibility index (Phi) is 6.77. The van der Waals surface area contributed by atoms with Crippen LogP contribution in [0.15, 0.2) is 47.4 Å². The summed E-state index contributed by atoms with van der Waals surface area (Å²) in [6.07, 6.45) is 5.11. The number of nitrogens with one attached hydrogen (secondary N) is 1. The van der Waals surface area contributed by atoms with Crippen LogP contribution in [-0.4, -0.2) is 33.5 Å². The molecule has 132 valence electrons. The normalized spacial score (nSPS) is 10.6. The van der Waals surface area contributed by atoms with Crippen molar-refractivity contribution in [2.75, 3.05) is 32.9 Å². The SMILES string of the molecule is COc1ccc(C=CC(=O)Nc2ccccc2SC)c(OC)c1OC. The van der Waals surface area contributed by atoms with Crippen LogP contribution >= 0.6 is 11.8 Å². The fourth-order valence-electron chi connectivity index (χ4n) is 2.34. The van der Waals surface area contributed by atoms with Crippen molar-refractivity contribution < 1.29 is 19.0 Å². The first-order valence-corrected chi connectivity index (χ1v) is 8.78. The molecule has 0 fully saturated rings. The summed E-state index contributed by atoms with van der Waals surface area (Å²) in [6, 6.07) is 11.2. The number of thioether (sulfide) groups is 1. The quantitative estimate of drug-likeness (QED) is 0.596. The molecule has 0 atom stereocenters. The highest BCUT2D eigenvalue weighted by Crippen LogP contribution is 2.40. The lowest BCUT2D eigenvalue weighted by atomic mass is 10.1. The summed E-state index contributed by atoms with van der Waals surface area (Å²) >= 11 is 1.58. The van der Waals surface area contributed by atoms with Crippen LogP contribution < -0.4 is 19.5 Å². The fraction of sp³-hybridized carbons (Fsp3) is 0.211. The van der Waals surface area contributed by atoms with Crippen LogP contribution in [0.25, 0.3) is 6.08 Å². The van der Waals surface area contributed by atoms with Gasteiger partial charge in [0, 0.05) is 16.5 Å². The minimum absolute atomic E-state index is 0.224. The number of carbonyl (C=O) groups is 1. The number of rotatable bonds is 7. The van der Waals surface area contributed by atoms with Crippen LogP contribution in [-0.2, 0) is 4.79 Å². The Morgan fingerprint density at radius 1 is 1.00 bits per heavy atom. The molecular formula is C19H21NO4S. The number of benzene rings is 2. The number of carbonyl (C=O) groups excluding carboxylic acids is 1. The molecule has 0 saturated heterocycles. The zero-order valence-electron chi connectivity index (χ0n) is 14.7. The van der Waals surface area contributed by atoms with Gasteiger partial charge in [-0.1, -0.05) is 12.1 Å². The number of methoxy groups -OCH3 is 3. The number of amides is 1. The van der Waals surface area contributed by atoms with Gasteiger partial charge in [-0.2, -0.15) is 0 Å². The summed E-state index contributed by atoms with van der Waals surface area (Å²) in [5.41, 5.74) is 1.50. The van der Waals surface area contributed by atoms with Crippen molar-refractivity contribution in [1.82, 2.24) is 0 Å². The molecule has 0 aliphatic rings. The zero-order chi connectivity index (χ0) is 18.2. The van der Waals surface area contributed by atoms with Gasteiger partial charge in [-0.15, -0.1) is 11.8 Å². The lowest BCUT2D eigenvalue weighted by molar-refractivity contribution is -0.111. The fourth-order valence-corrected chi connectivity index (χ4v) is 2.90. The first-order chi connectivity index (χ1) is 12.1. The summed E-state index contributed by atoms with van der Waals surface area (Å²) in [4.78, 5) is 13.2. The van der Waals surface area contributed by atoms with E-state index in [1.807, 2.05) is 30.5 Å². The molecule has 2 rings (SSSR count). The van der Waals surface area contributed by atoms with E-state index < -0.39 is 0 Å². The van der Waals surface area contributed by atoms with E-state index in [0.717, 1.165) is 10.6 Å². The van der Waals surface area contributed by atoms with E-state index in [9.17, 15) is 4.79 Å². The number of hydrogen-bond acceptors (Lipinski definition) is 5. The topological polar surface area (TPSA) is 56.8 Å². The molecule has 0 aromatic heterocycles. The standard InChI is InChI=1S/C19H21NO4S/c1-22-15-11-9-13(18(23-2)19(15)24-3)10-12-17(21)20-14-7-5-6-8-16(14)25-4/h5-12H,1-4H3,(H,20,21). The van der Waals surface area contributed by atoms with E-state index in [2.05, 4.69) is 5.32 Å². The van der Waals surface area contributed by atoms with Gasteiger partial charge in [0.2, 0.25) is 11.7 Å². The first-order valence-electron chi connectivity index (χ1n) is 7.55. The van der Waals surface area contributed by atoms with Crippen molar-refractivity contribution in [2.45, 2.75) is 4.90 Å². The van der Waals surface area contributed by atoms with E-state index in [1.165, 1.54) is 6.08 Å². The monoisotopic (exact) mass is 359 g/mol. The molecule has 2 aromatic carbocycles. The van der Waals surface area contributed by atoms with Gasteiger partial charge in [0.1, 0.15) is 0 Å². The zero-order valence-corrected chi connectivity index (χ0v) is 15.5. The predicted octanol–water partition coefficient (Wildman–Crippen LogP) is 4.09. The lowest BCUT2D eigenvalue weighted by Gasteiger charge is -2.14. The number of ether oxygens (including phenoxy) is 3. The van der Waals surface area contributed by atoms with Crippen LogP contribution in [0.2, 0.25) is 0 Å². The molecule has 0 bridgehead atoms. The van der Waals surface area contributed by atoms with Crippen LogP contribution in [0.4, 0.5) is 5.69 Å². The van der Waals surface area contributed by atoms with Gasteiger partial charge in [0.05, 0.1) is 27.0 Å². The summed E-state index contributed by atoms with van der Waals surface area (Å²) in [5, 5.41) is 2.88. The maximum Gasteiger partial charge on any atom is 0.248 e. The number of hydrogen-bond donors (Lipinski definition) is 1. The Morgan fingerprint density at radius 3 is 2.36 bits per heavy atom. The summed E-state index contributed by atoms with van der Waals surface area (Å²) in [7, 11) is 4.65. The van der Waals surface area contributed by atoms with Gasteiger partial charge in [-0.25, -0.2) is 0 Å². The average molecular weight is 359 g/mol. The predicted molar refractivity (Wildman–Crippen MR) is 102 cm³/mol. The molecule has 0 heterocycles. The highest BCUT2D eigenvalue weighted by Gasteiger charge is 2.14. The molecule has 1 amide bonds. The van der Waals surface area contributed by atoms with Crippen molar-refractivity contribution in [2.24, 2.45) is 0 Å². The third-order valence-electron chi connectivity index (χ3n) is 3.51. The Morgan fingerprint density at radius 2 is 1.72 bits per heavy atom. The van der Waals surface area contributed by atoms with E-state index >= 15 is 0 Å². The Bertz CT molecular complexity index is 774. The number of para-hydroxylation sites is 1. The molecule has 0 saturated carbocycles. The minimum Gasteiger partial charge on any atom is -0.493 e. The van der Waals surface area contributed by atoms with Crippen LogP contribution in [0.5, 0.6) is 17.2 Å². The van der Waals surface area contributed by atoms with Crippen molar-refractivity contribution in [3.05, 3.63) is 48.0 Å². The third-order valence-corrected chi connectivity index (χ3v) is 4.31. The number of anilines is 1. The van der Waals surface area contributed by atoms with Crippen molar-refractivity contribution >= 4 is 29.4 Å². The molecule has 5 nitrogen and oxygen atoms in total. The van der Waals surface area contributed by atoms with Crippen molar-refractivity contribution in [1.29, 1.82) is 0 Å². The van der Waals surface area contributed by atoms with Crippen LogP contribution in [0.3, 0.4) is 0 Å². The highest BCUT2D eigenvalue weighted by molar-refractivity contribution is 7.98. The largest absolute Gasteiger partial charge is 0.493 e. The van der Waals surface area contributed by atoms with Crippen LogP contribution in [0, 0.1) is 0 Å². The third kappa shape index (κ3) is 4.48. The van der Waals surface area contributed by atoms with Crippen molar-refractivity contribution in [3.8, 4) is 17.2 Å². The lowest BCUT2D eigenvalue weighted by Crippen LogP contribution is -2.08. The Balaban J connectivity index is 2.22. The maximum atomic E-state index is 12.2. The van der Waals surface area contributed by atoms with Gasteiger partial charge >= 0.3 is 0 Å². The van der Waals surface area contributed by atoms with Gasteiger partial charge in [0.15, 0.2) is 11.5 Å². The van der Waals surface area contributed by atoms with E-state index in [1.54, 1.807) is 51.3 Å². The maximum absolute atomic E-state index is 12.2. The smallest absolute Gasteiger partial charge is 0.248 e. The average Bonchev–Trinajstić information content (AvgIpc) is 2.65. The molecule has 25 heavy (non-hydrogen) atoms. The van der Waals surface area contributed by atoms with Crippen LogP contribution in [0.1, 0.15) is 5.56 Å². The van der Waals surface area contributed by atoms with Gasteiger partial charge in [-0.3, -0.25) is 4.79 Å². The molecule has 6 heteroatoms. The second kappa shape index (κ2) is 9.03. The molecule has 0 radical (unpaired) electrons. The molecule has 0 spiro atoms. The van der Waals surface area contributed by atoms with Gasteiger partial charge in [0.25, 0.3) is 0 Å². The Hall–Kier alpha value is -2.60. The summed E-state index contributed by atoms with van der Waals surface area (Å²) in [6.45, 7) is 0. The Labute approximate surface area is 152 Å². The molecule has 2 aromatic rings. The van der Waals surface area contributed by atoms with E-state index in [4.69, 9.17) is 14.2 Å². The summed E-state index contributed by atoms with van der Waals surface area (Å²) in [5.74, 6) is 1.34. The molecule has 1 N–H and O–H groups in total. The summed E-state index contributed by atoms with van der Waals surface area (Å²) < 4.78 is 16.0. The minimum atomic E-state index is -0.224. The molecular weight excluding hydrogens is 338 g/mol. The first kappa shape index (κ1) is 18.7. The van der Waals surface area contributed by atoms with Crippen molar-refractivity contribution in [3.63, 3.8) is 0 Å². The van der Waals surface area contributed by atoms with E-state index in [0.29, 0.717) is 22.8 Å². The second-order valence-electron chi connectivity index (χ2n) is 4.95. The molecule has 0 aliphatic heterocycles. The van der Waals surface area contributed by atoms with Gasteiger partial charge in [-0.05, 0) is 36.6 Å². The second-order valence-corrected chi connectivity index (χ2v) is 5.79. The molecule has 0 unspecified atom stereocenters. The highest BCUT2D eigenvalue weighted by atomic mass is 32.2.